The van der Waals surface area contributed by atoms with Crippen LogP contribution in [0.2, 0.25) is 0 Å². The molecule has 15 heavy (non-hydrogen) atoms. The molecule has 3 heteroatoms. The van der Waals surface area contributed by atoms with E-state index in [0.717, 1.165) is 19.4 Å². The first-order valence-corrected chi connectivity index (χ1v) is 5.81. The minimum atomic E-state index is 0.202. The molecule has 1 atom stereocenters. The molecule has 0 saturated carbocycles. The van der Waals surface area contributed by atoms with Crippen LogP contribution in [0.25, 0.3) is 0 Å². The van der Waals surface area contributed by atoms with Crippen molar-refractivity contribution in [2.24, 2.45) is 0 Å². The molecule has 0 aliphatic heterocycles. The van der Waals surface area contributed by atoms with Gasteiger partial charge >= 0.3 is 0 Å². The SMILES string of the molecule is CCCNC(CC)c1ccn(CCO)c1. The summed E-state index contributed by atoms with van der Waals surface area (Å²) in [7, 11) is 0. The molecule has 86 valence electrons. The molecule has 0 amide bonds. The first-order valence-electron chi connectivity index (χ1n) is 5.81. The van der Waals surface area contributed by atoms with Gasteiger partial charge in [-0.15, -0.1) is 0 Å². The van der Waals surface area contributed by atoms with Crippen molar-refractivity contribution in [3.05, 3.63) is 24.0 Å². The van der Waals surface area contributed by atoms with Crippen LogP contribution in [0, 0.1) is 0 Å². The number of aromatic nitrogens is 1. The largest absolute Gasteiger partial charge is 0.395 e. The maximum absolute atomic E-state index is 8.83. The lowest BCUT2D eigenvalue weighted by Gasteiger charge is -2.14. The zero-order chi connectivity index (χ0) is 11.1. The molecule has 0 aliphatic carbocycles. The lowest BCUT2D eigenvalue weighted by molar-refractivity contribution is 0.276. The van der Waals surface area contributed by atoms with Crippen molar-refractivity contribution in [1.29, 1.82) is 0 Å². The van der Waals surface area contributed by atoms with E-state index in [1.807, 2.05) is 10.8 Å². The fourth-order valence-corrected chi connectivity index (χ4v) is 1.74. The zero-order valence-electron chi connectivity index (χ0n) is 9.74. The summed E-state index contributed by atoms with van der Waals surface area (Å²) >= 11 is 0. The molecule has 0 saturated heterocycles. The van der Waals surface area contributed by atoms with Gasteiger partial charge in [0, 0.05) is 25.0 Å². The molecule has 0 spiro atoms. The Morgan fingerprint density at radius 3 is 2.87 bits per heavy atom. The van der Waals surface area contributed by atoms with Gasteiger partial charge in [0.2, 0.25) is 0 Å². The van der Waals surface area contributed by atoms with Gasteiger partial charge in [-0.25, -0.2) is 0 Å². The summed E-state index contributed by atoms with van der Waals surface area (Å²) in [6, 6.07) is 2.58. The van der Waals surface area contributed by atoms with Crippen molar-refractivity contribution in [3.63, 3.8) is 0 Å². The number of rotatable bonds is 7. The third-order valence-corrected chi connectivity index (χ3v) is 2.58. The van der Waals surface area contributed by atoms with Crippen LogP contribution in [0.4, 0.5) is 0 Å². The Labute approximate surface area is 92.1 Å². The molecule has 1 rings (SSSR count). The Hall–Kier alpha value is -0.800. The monoisotopic (exact) mass is 210 g/mol. The van der Waals surface area contributed by atoms with Gasteiger partial charge in [0.25, 0.3) is 0 Å². The van der Waals surface area contributed by atoms with Crippen molar-refractivity contribution in [2.45, 2.75) is 39.3 Å². The van der Waals surface area contributed by atoms with Crippen LogP contribution in [0.1, 0.15) is 38.3 Å². The molecule has 0 aromatic carbocycles. The highest BCUT2D eigenvalue weighted by Gasteiger charge is 2.08. The van der Waals surface area contributed by atoms with E-state index < -0.39 is 0 Å². The Balaban J connectivity index is 2.57. The minimum Gasteiger partial charge on any atom is -0.395 e. The maximum Gasteiger partial charge on any atom is 0.0610 e. The van der Waals surface area contributed by atoms with Crippen LogP contribution in [-0.4, -0.2) is 22.8 Å². The van der Waals surface area contributed by atoms with Crippen molar-refractivity contribution in [2.75, 3.05) is 13.2 Å². The number of hydrogen-bond acceptors (Lipinski definition) is 2. The molecule has 0 bridgehead atoms. The number of nitrogens with one attached hydrogen (secondary N) is 1. The summed E-state index contributed by atoms with van der Waals surface area (Å²) in [5.74, 6) is 0. The van der Waals surface area contributed by atoms with Crippen LogP contribution >= 0.6 is 0 Å². The van der Waals surface area contributed by atoms with Crippen molar-refractivity contribution < 1.29 is 5.11 Å². The highest BCUT2D eigenvalue weighted by molar-refractivity contribution is 5.15. The second kappa shape index (κ2) is 6.64. The normalized spacial score (nSPS) is 13.0. The topological polar surface area (TPSA) is 37.2 Å². The molecule has 1 aromatic heterocycles. The van der Waals surface area contributed by atoms with E-state index in [9.17, 15) is 0 Å². The average molecular weight is 210 g/mol. The first kappa shape index (κ1) is 12.3. The summed E-state index contributed by atoms with van der Waals surface area (Å²) in [6.45, 7) is 6.31. The van der Waals surface area contributed by atoms with E-state index in [0.29, 0.717) is 12.6 Å². The molecule has 2 N–H and O–H groups in total. The van der Waals surface area contributed by atoms with Gasteiger partial charge in [-0.1, -0.05) is 13.8 Å². The van der Waals surface area contributed by atoms with E-state index in [-0.39, 0.29) is 6.61 Å². The quantitative estimate of drug-likeness (QED) is 0.721. The lowest BCUT2D eigenvalue weighted by Crippen LogP contribution is -2.21. The van der Waals surface area contributed by atoms with Crippen LogP contribution in [0.3, 0.4) is 0 Å². The molecule has 1 unspecified atom stereocenters. The van der Waals surface area contributed by atoms with Crippen LogP contribution in [0.15, 0.2) is 18.5 Å². The van der Waals surface area contributed by atoms with Crippen molar-refractivity contribution in [1.82, 2.24) is 9.88 Å². The van der Waals surface area contributed by atoms with Crippen molar-refractivity contribution >= 4 is 0 Å². The predicted octanol–water partition coefficient (Wildman–Crippen LogP) is 1.93. The highest BCUT2D eigenvalue weighted by atomic mass is 16.3. The van der Waals surface area contributed by atoms with Crippen LogP contribution < -0.4 is 5.32 Å². The Morgan fingerprint density at radius 2 is 2.27 bits per heavy atom. The van der Waals surface area contributed by atoms with Crippen LogP contribution in [0.5, 0.6) is 0 Å². The van der Waals surface area contributed by atoms with Gasteiger partial charge in [-0.05, 0) is 31.0 Å². The summed E-state index contributed by atoms with van der Waals surface area (Å²) in [5, 5.41) is 12.3. The summed E-state index contributed by atoms with van der Waals surface area (Å²) in [5.41, 5.74) is 1.32. The van der Waals surface area contributed by atoms with Gasteiger partial charge in [0.15, 0.2) is 0 Å². The van der Waals surface area contributed by atoms with E-state index in [1.54, 1.807) is 0 Å². The third kappa shape index (κ3) is 3.68. The first-order chi connectivity index (χ1) is 7.31. The zero-order valence-corrected chi connectivity index (χ0v) is 9.74. The summed E-state index contributed by atoms with van der Waals surface area (Å²) < 4.78 is 2.03. The van der Waals surface area contributed by atoms with Crippen molar-refractivity contribution in [3.8, 4) is 0 Å². The van der Waals surface area contributed by atoms with Gasteiger partial charge in [0.1, 0.15) is 0 Å². The van der Waals surface area contributed by atoms with Gasteiger partial charge < -0.3 is 15.0 Å². The number of nitrogens with zero attached hydrogens (tertiary/aromatic N) is 1. The standard InChI is InChI=1S/C12H22N2O/c1-3-6-13-12(4-2)11-5-7-14(10-11)8-9-15/h5,7,10,12-13,15H,3-4,6,8-9H2,1-2H3. The van der Waals surface area contributed by atoms with E-state index >= 15 is 0 Å². The number of aliphatic hydroxyl groups is 1. The van der Waals surface area contributed by atoms with E-state index in [4.69, 9.17) is 5.11 Å². The molecular weight excluding hydrogens is 188 g/mol. The highest BCUT2D eigenvalue weighted by Crippen LogP contribution is 2.16. The fraction of sp³-hybridized carbons (Fsp3) is 0.667. The number of hydrogen-bond donors (Lipinski definition) is 2. The molecule has 1 aromatic rings. The molecular formula is C12H22N2O. The molecule has 1 heterocycles. The van der Waals surface area contributed by atoms with E-state index in [1.165, 1.54) is 5.56 Å². The van der Waals surface area contributed by atoms with Gasteiger partial charge in [0.05, 0.1) is 6.61 Å². The summed E-state index contributed by atoms with van der Waals surface area (Å²) in [4.78, 5) is 0. The second-order valence-corrected chi connectivity index (χ2v) is 3.82. The number of aliphatic hydroxyl groups excluding tert-OH is 1. The second-order valence-electron chi connectivity index (χ2n) is 3.82. The van der Waals surface area contributed by atoms with E-state index in [2.05, 4.69) is 31.4 Å². The molecule has 0 aliphatic rings. The minimum absolute atomic E-state index is 0.202. The van der Waals surface area contributed by atoms with Crippen LogP contribution in [-0.2, 0) is 6.54 Å². The third-order valence-electron chi connectivity index (χ3n) is 2.58. The predicted molar refractivity (Wildman–Crippen MR) is 62.8 cm³/mol. The molecule has 3 nitrogen and oxygen atoms in total. The molecule has 0 radical (unpaired) electrons. The van der Waals surface area contributed by atoms with Gasteiger partial charge in [-0.2, -0.15) is 0 Å². The maximum atomic E-state index is 8.83. The Bertz CT molecular complexity index is 270. The smallest absolute Gasteiger partial charge is 0.0610 e. The van der Waals surface area contributed by atoms with Gasteiger partial charge in [-0.3, -0.25) is 0 Å². The average Bonchev–Trinajstić information content (AvgIpc) is 2.68. The Kier molecular flexibility index (Phi) is 5.43. The lowest BCUT2D eigenvalue weighted by atomic mass is 10.1. The fourth-order valence-electron chi connectivity index (χ4n) is 1.74. The molecule has 0 fully saturated rings. The Morgan fingerprint density at radius 1 is 1.47 bits per heavy atom. The summed E-state index contributed by atoms with van der Waals surface area (Å²) in [6.07, 6.45) is 6.41.